The Bertz CT molecular complexity index is 277. The summed E-state index contributed by atoms with van der Waals surface area (Å²) in [6, 6.07) is -0.483. The minimum absolute atomic E-state index is 0.0690. The number of nitrogens with one attached hydrogen (secondary N) is 2. The molecule has 0 rings (SSSR count). The van der Waals surface area contributed by atoms with Crippen LogP contribution < -0.4 is 16.4 Å². The minimum Gasteiger partial charge on any atom is -0.354 e. The standard InChI is InChI=1S/C12H25N3O2S/c1-12(2,3)15-10(16)5-7-14-11(17)9(13)6-8-18-4/h9H,5-8,13H2,1-4H3,(H,14,17)(H,15,16)/t9-/m0/s1. The highest BCUT2D eigenvalue weighted by molar-refractivity contribution is 7.98. The fraction of sp³-hybridized carbons (Fsp3) is 0.833. The van der Waals surface area contributed by atoms with E-state index in [0.29, 0.717) is 13.0 Å². The van der Waals surface area contributed by atoms with Gasteiger partial charge in [0.05, 0.1) is 6.04 Å². The third-order valence-corrected chi connectivity index (χ3v) is 2.78. The van der Waals surface area contributed by atoms with Crippen molar-refractivity contribution in [3.05, 3.63) is 0 Å². The van der Waals surface area contributed by atoms with Crippen molar-refractivity contribution in [1.29, 1.82) is 0 Å². The van der Waals surface area contributed by atoms with Crippen molar-refractivity contribution in [3.8, 4) is 0 Å². The molecule has 0 heterocycles. The quantitative estimate of drug-likeness (QED) is 0.631. The van der Waals surface area contributed by atoms with E-state index < -0.39 is 6.04 Å². The van der Waals surface area contributed by atoms with Crippen LogP contribution in [0.2, 0.25) is 0 Å². The molecule has 0 aromatic rings. The maximum atomic E-state index is 11.5. The van der Waals surface area contributed by atoms with Gasteiger partial charge in [-0.1, -0.05) is 0 Å². The zero-order chi connectivity index (χ0) is 14.2. The number of amides is 2. The van der Waals surface area contributed by atoms with Gasteiger partial charge in [0.1, 0.15) is 0 Å². The molecule has 0 fully saturated rings. The fourth-order valence-electron chi connectivity index (χ4n) is 1.29. The van der Waals surface area contributed by atoms with Crippen LogP contribution >= 0.6 is 11.8 Å². The summed E-state index contributed by atoms with van der Waals surface area (Å²) in [6.45, 7) is 6.08. The maximum Gasteiger partial charge on any atom is 0.236 e. The first-order valence-electron chi connectivity index (χ1n) is 6.09. The van der Waals surface area contributed by atoms with Gasteiger partial charge in [0.2, 0.25) is 11.8 Å². The van der Waals surface area contributed by atoms with Crippen LogP contribution in [0.5, 0.6) is 0 Å². The van der Waals surface area contributed by atoms with Crippen LogP contribution in [0.1, 0.15) is 33.6 Å². The van der Waals surface area contributed by atoms with E-state index in [1.807, 2.05) is 27.0 Å². The molecule has 0 aromatic heterocycles. The van der Waals surface area contributed by atoms with Gasteiger partial charge in [-0.2, -0.15) is 11.8 Å². The van der Waals surface area contributed by atoms with Crippen LogP contribution in [0.4, 0.5) is 0 Å². The first kappa shape index (κ1) is 17.2. The van der Waals surface area contributed by atoms with Crippen molar-refractivity contribution in [2.45, 2.75) is 45.2 Å². The summed E-state index contributed by atoms with van der Waals surface area (Å²) in [5, 5.41) is 5.51. The number of nitrogens with two attached hydrogens (primary N) is 1. The van der Waals surface area contributed by atoms with Gasteiger partial charge in [-0.25, -0.2) is 0 Å². The number of carbonyl (C=O) groups excluding carboxylic acids is 2. The molecule has 0 radical (unpaired) electrons. The molecule has 0 bridgehead atoms. The van der Waals surface area contributed by atoms with Gasteiger partial charge < -0.3 is 16.4 Å². The summed E-state index contributed by atoms with van der Waals surface area (Å²) in [5.41, 5.74) is 5.46. The molecule has 2 amide bonds. The lowest BCUT2D eigenvalue weighted by atomic mass is 10.1. The largest absolute Gasteiger partial charge is 0.354 e. The van der Waals surface area contributed by atoms with Gasteiger partial charge >= 0.3 is 0 Å². The summed E-state index contributed by atoms with van der Waals surface area (Å²) >= 11 is 1.66. The Kier molecular flexibility index (Phi) is 8.02. The van der Waals surface area contributed by atoms with Crippen molar-refractivity contribution in [2.75, 3.05) is 18.6 Å². The third kappa shape index (κ3) is 9.30. The molecule has 5 nitrogen and oxygen atoms in total. The van der Waals surface area contributed by atoms with Crippen LogP contribution in [-0.4, -0.2) is 41.9 Å². The molecule has 0 saturated carbocycles. The molecule has 0 aliphatic carbocycles. The molecule has 0 aliphatic heterocycles. The smallest absolute Gasteiger partial charge is 0.236 e. The van der Waals surface area contributed by atoms with Crippen molar-refractivity contribution in [3.63, 3.8) is 0 Å². The zero-order valence-corrected chi connectivity index (χ0v) is 12.5. The molecule has 106 valence electrons. The number of carbonyl (C=O) groups is 2. The van der Waals surface area contributed by atoms with Crippen molar-refractivity contribution < 1.29 is 9.59 Å². The second kappa shape index (κ2) is 8.37. The maximum absolute atomic E-state index is 11.5. The van der Waals surface area contributed by atoms with E-state index in [1.54, 1.807) is 11.8 Å². The predicted octanol–water partition coefficient (Wildman–Crippen LogP) is 0.488. The van der Waals surface area contributed by atoms with Crippen molar-refractivity contribution in [2.24, 2.45) is 5.73 Å². The summed E-state index contributed by atoms with van der Waals surface area (Å²) < 4.78 is 0. The highest BCUT2D eigenvalue weighted by atomic mass is 32.2. The molecule has 0 aromatic carbocycles. The van der Waals surface area contributed by atoms with E-state index in [-0.39, 0.29) is 23.8 Å². The molecule has 0 saturated heterocycles. The SMILES string of the molecule is CSCC[C@H](N)C(=O)NCCC(=O)NC(C)(C)C. The summed E-state index contributed by atoms with van der Waals surface area (Å²) in [4.78, 5) is 23.0. The molecular weight excluding hydrogens is 250 g/mol. The third-order valence-electron chi connectivity index (χ3n) is 2.14. The fourth-order valence-corrected chi connectivity index (χ4v) is 1.78. The lowest BCUT2D eigenvalue weighted by Gasteiger charge is -2.20. The zero-order valence-electron chi connectivity index (χ0n) is 11.7. The Morgan fingerprint density at radius 2 is 1.94 bits per heavy atom. The number of rotatable bonds is 7. The van der Waals surface area contributed by atoms with Crippen molar-refractivity contribution >= 4 is 23.6 Å². The van der Waals surface area contributed by atoms with Gasteiger partial charge in [-0.05, 0) is 39.2 Å². The molecule has 18 heavy (non-hydrogen) atoms. The number of hydrogen-bond donors (Lipinski definition) is 3. The molecule has 0 aliphatic rings. The average Bonchev–Trinajstić information content (AvgIpc) is 2.23. The molecule has 1 atom stereocenters. The first-order chi connectivity index (χ1) is 8.26. The summed E-state index contributed by atoms with van der Waals surface area (Å²) in [5.74, 6) is 0.604. The van der Waals surface area contributed by atoms with E-state index in [2.05, 4.69) is 10.6 Å². The molecule has 4 N–H and O–H groups in total. The Labute approximate surface area is 114 Å². The van der Waals surface area contributed by atoms with Gasteiger partial charge in [0.25, 0.3) is 0 Å². The number of hydrogen-bond acceptors (Lipinski definition) is 4. The lowest BCUT2D eigenvalue weighted by Crippen LogP contribution is -2.44. The van der Waals surface area contributed by atoms with Gasteiger partial charge in [0, 0.05) is 18.5 Å². The lowest BCUT2D eigenvalue weighted by molar-refractivity contribution is -0.123. The highest BCUT2D eigenvalue weighted by Gasteiger charge is 2.15. The first-order valence-corrected chi connectivity index (χ1v) is 7.49. The second-order valence-corrected chi connectivity index (χ2v) is 6.21. The van der Waals surface area contributed by atoms with Crippen LogP contribution in [-0.2, 0) is 9.59 Å². The normalized spacial score (nSPS) is 12.9. The van der Waals surface area contributed by atoms with Crippen LogP contribution in [0, 0.1) is 0 Å². The monoisotopic (exact) mass is 275 g/mol. The van der Waals surface area contributed by atoms with E-state index in [4.69, 9.17) is 5.73 Å². The van der Waals surface area contributed by atoms with Crippen LogP contribution in [0.15, 0.2) is 0 Å². The van der Waals surface area contributed by atoms with Gasteiger partial charge in [-0.3, -0.25) is 9.59 Å². The molecular formula is C12H25N3O2S. The summed E-state index contributed by atoms with van der Waals surface area (Å²) in [6.07, 6.45) is 2.90. The average molecular weight is 275 g/mol. The van der Waals surface area contributed by atoms with Crippen LogP contribution in [0.3, 0.4) is 0 Å². The van der Waals surface area contributed by atoms with Crippen molar-refractivity contribution in [1.82, 2.24) is 10.6 Å². The predicted molar refractivity (Wildman–Crippen MR) is 76.5 cm³/mol. The van der Waals surface area contributed by atoms with E-state index >= 15 is 0 Å². The Morgan fingerprint density at radius 1 is 1.33 bits per heavy atom. The molecule has 0 spiro atoms. The Hall–Kier alpha value is -0.750. The van der Waals surface area contributed by atoms with Crippen LogP contribution in [0.25, 0.3) is 0 Å². The summed E-state index contributed by atoms with van der Waals surface area (Å²) in [7, 11) is 0. The Balaban J connectivity index is 3.77. The topological polar surface area (TPSA) is 84.2 Å². The van der Waals surface area contributed by atoms with E-state index in [9.17, 15) is 9.59 Å². The molecule has 0 unspecified atom stereocenters. The van der Waals surface area contributed by atoms with Gasteiger partial charge in [0.15, 0.2) is 0 Å². The Morgan fingerprint density at radius 3 is 2.44 bits per heavy atom. The van der Waals surface area contributed by atoms with E-state index in [1.165, 1.54) is 0 Å². The highest BCUT2D eigenvalue weighted by Crippen LogP contribution is 2.00. The second-order valence-electron chi connectivity index (χ2n) is 5.23. The molecule has 6 heteroatoms. The van der Waals surface area contributed by atoms with Gasteiger partial charge in [-0.15, -0.1) is 0 Å². The number of thioether (sulfide) groups is 1. The minimum atomic E-state index is -0.483. The van der Waals surface area contributed by atoms with E-state index in [0.717, 1.165) is 5.75 Å².